The molecule has 2 aromatic heterocycles. The summed E-state index contributed by atoms with van der Waals surface area (Å²) >= 11 is 4.49. The number of rotatable bonds is 2. The molecule has 0 atom stereocenters. The zero-order valence-electron chi connectivity index (χ0n) is 7.31. The van der Waals surface area contributed by atoms with Crippen LogP contribution in [0.5, 0.6) is 0 Å². The second-order valence-corrected chi connectivity index (χ2v) is 5.01. The Bertz CT molecular complexity index is 587. The van der Waals surface area contributed by atoms with Gasteiger partial charge in [0.2, 0.25) is 0 Å². The molecule has 0 radical (unpaired) electrons. The van der Waals surface area contributed by atoms with Crippen LogP contribution >= 0.6 is 27.3 Å². The van der Waals surface area contributed by atoms with E-state index in [0.717, 1.165) is 0 Å². The second kappa shape index (κ2) is 4.07. The maximum Gasteiger partial charge on any atom is 0.316 e. The first-order valence-corrected chi connectivity index (χ1v) is 5.54. The Balaban J connectivity index is 2.37. The average molecular weight is 289 g/mol. The Labute approximate surface area is 95.7 Å². The first-order valence-electron chi connectivity index (χ1n) is 3.93. The van der Waals surface area contributed by atoms with Crippen LogP contribution in [0.3, 0.4) is 0 Å². The highest BCUT2D eigenvalue weighted by Crippen LogP contribution is 2.15. The van der Waals surface area contributed by atoms with E-state index in [0.29, 0.717) is 8.92 Å². The lowest BCUT2D eigenvalue weighted by molar-refractivity contribution is 0.724. The van der Waals surface area contributed by atoms with E-state index in [4.69, 9.17) is 0 Å². The molecule has 0 aromatic carbocycles. The molecule has 0 bridgehead atoms. The lowest BCUT2D eigenvalue weighted by Crippen LogP contribution is -2.35. The standard InChI is InChI=1S/C7H5BrN4O2S/c8-7-11-10-4(15-7)3-12-2-1-9-5(13)6(12)14/h1-2H,3H2,(H,9,13). The molecule has 2 rings (SSSR count). The SMILES string of the molecule is O=c1[nH]ccn(Cc2nnc(Br)s2)c1=O. The molecule has 15 heavy (non-hydrogen) atoms. The van der Waals surface area contributed by atoms with E-state index in [1.54, 1.807) is 0 Å². The minimum atomic E-state index is -0.638. The largest absolute Gasteiger partial charge is 0.323 e. The van der Waals surface area contributed by atoms with Crippen molar-refractivity contribution in [2.75, 3.05) is 0 Å². The molecule has 0 saturated heterocycles. The number of hydrogen-bond donors (Lipinski definition) is 1. The van der Waals surface area contributed by atoms with Gasteiger partial charge in [-0.3, -0.25) is 9.59 Å². The molecule has 0 aliphatic rings. The van der Waals surface area contributed by atoms with Crippen molar-refractivity contribution in [1.82, 2.24) is 19.7 Å². The van der Waals surface area contributed by atoms with E-state index < -0.39 is 11.1 Å². The summed E-state index contributed by atoms with van der Waals surface area (Å²) in [5.74, 6) is 0. The van der Waals surface area contributed by atoms with Gasteiger partial charge in [-0.2, -0.15) is 0 Å². The van der Waals surface area contributed by atoms with Crippen LogP contribution in [0.15, 0.2) is 25.9 Å². The number of halogens is 1. The number of hydrogen-bond acceptors (Lipinski definition) is 5. The molecule has 1 N–H and O–H groups in total. The lowest BCUT2D eigenvalue weighted by Gasteiger charge is -1.99. The van der Waals surface area contributed by atoms with Crippen molar-refractivity contribution in [3.05, 3.63) is 42.0 Å². The third-order valence-electron chi connectivity index (χ3n) is 1.67. The predicted molar refractivity (Wildman–Crippen MR) is 58.0 cm³/mol. The Morgan fingerprint density at radius 1 is 1.47 bits per heavy atom. The van der Waals surface area contributed by atoms with E-state index in [-0.39, 0.29) is 6.54 Å². The number of aromatic nitrogens is 4. The molecule has 8 heteroatoms. The fourth-order valence-electron chi connectivity index (χ4n) is 1.03. The summed E-state index contributed by atoms with van der Waals surface area (Å²) < 4.78 is 1.93. The molecule has 0 spiro atoms. The van der Waals surface area contributed by atoms with Gasteiger partial charge in [-0.15, -0.1) is 10.2 Å². The summed E-state index contributed by atoms with van der Waals surface area (Å²) in [4.78, 5) is 24.6. The highest BCUT2D eigenvalue weighted by molar-refractivity contribution is 9.11. The van der Waals surface area contributed by atoms with Crippen LogP contribution in [-0.2, 0) is 6.54 Å². The van der Waals surface area contributed by atoms with Crippen molar-refractivity contribution < 1.29 is 0 Å². The van der Waals surface area contributed by atoms with Gasteiger partial charge in [0.05, 0.1) is 6.54 Å². The maximum absolute atomic E-state index is 11.3. The number of nitrogens with one attached hydrogen (secondary N) is 1. The van der Waals surface area contributed by atoms with Gasteiger partial charge < -0.3 is 9.55 Å². The van der Waals surface area contributed by atoms with Crippen molar-refractivity contribution in [3.8, 4) is 0 Å². The van der Waals surface area contributed by atoms with Crippen molar-refractivity contribution >= 4 is 27.3 Å². The minimum absolute atomic E-state index is 0.256. The van der Waals surface area contributed by atoms with Gasteiger partial charge >= 0.3 is 11.1 Å². The molecule has 0 unspecified atom stereocenters. The summed E-state index contributed by atoms with van der Waals surface area (Å²) in [7, 11) is 0. The van der Waals surface area contributed by atoms with Gasteiger partial charge in [-0.05, 0) is 15.9 Å². The highest BCUT2D eigenvalue weighted by Gasteiger charge is 2.05. The third kappa shape index (κ3) is 2.21. The van der Waals surface area contributed by atoms with Crippen LogP contribution in [0, 0.1) is 0 Å². The molecule has 0 amide bonds. The average Bonchev–Trinajstić information content (AvgIpc) is 2.59. The zero-order chi connectivity index (χ0) is 10.8. The molecule has 78 valence electrons. The fourth-order valence-corrected chi connectivity index (χ4v) is 2.23. The first-order chi connectivity index (χ1) is 7.16. The van der Waals surface area contributed by atoms with Crippen LogP contribution in [0.25, 0.3) is 0 Å². The molecule has 0 aliphatic carbocycles. The van der Waals surface area contributed by atoms with Crippen LogP contribution < -0.4 is 11.1 Å². The van der Waals surface area contributed by atoms with Crippen molar-refractivity contribution in [3.63, 3.8) is 0 Å². The van der Waals surface area contributed by atoms with Gasteiger partial charge in [-0.1, -0.05) is 11.3 Å². The van der Waals surface area contributed by atoms with E-state index >= 15 is 0 Å². The molecule has 0 saturated carbocycles. The summed E-state index contributed by atoms with van der Waals surface area (Å²) in [5, 5.41) is 8.24. The summed E-state index contributed by atoms with van der Waals surface area (Å²) in [6, 6.07) is 0. The van der Waals surface area contributed by atoms with Crippen LogP contribution in [-0.4, -0.2) is 19.7 Å². The Hall–Kier alpha value is -1.28. The van der Waals surface area contributed by atoms with Gasteiger partial charge in [0, 0.05) is 12.4 Å². The minimum Gasteiger partial charge on any atom is -0.323 e. The molecular weight excluding hydrogens is 284 g/mol. The quantitative estimate of drug-likeness (QED) is 0.801. The van der Waals surface area contributed by atoms with E-state index in [2.05, 4.69) is 31.1 Å². The number of nitrogens with zero attached hydrogens (tertiary/aromatic N) is 3. The van der Waals surface area contributed by atoms with Crippen molar-refractivity contribution in [1.29, 1.82) is 0 Å². The van der Waals surface area contributed by atoms with Crippen LogP contribution in [0.2, 0.25) is 0 Å². The van der Waals surface area contributed by atoms with Crippen molar-refractivity contribution in [2.24, 2.45) is 0 Å². The Morgan fingerprint density at radius 3 is 2.93 bits per heavy atom. The van der Waals surface area contributed by atoms with E-state index in [1.807, 2.05) is 0 Å². The normalized spacial score (nSPS) is 10.5. The summed E-state index contributed by atoms with van der Waals surface area (Å²) in [6.07, 6.45) is 2.92. The molecule has 0 fully saturated rings. The fraction of sp³-hybridized carbons (Fsp3) is 0.143. The molecule has 2 heterocycles. The van der Waals surface area contributed by atoms with Gasteiger partial charge in [0.1, 0.15) is 5.01 Å². The summed E-state index contributed by atoms with van der Waals surface area (Å²) in [5.41, 5.74) is -1.23. The predicted octanol–water partition coefficient (Wildman–Crippen LogP) is 0.199. The van der Waals surface area contributed by atoms with Gasteiger partial charge in [0.15, 0.2) is 3.92 Å². The zero-order valence-corrected chi connectivity index (χ0v) is 9.71. The van der Waals surface area contributed by atoms with E-state index in [9.17, 15) is 9.59 Å². The summed E-state index contributed by atoms with van der Waals surface area (Å²) in [6.45, 7) is 0.256. The number of aromatic amines is 1. The number of H-pyrrole nitrogens is 1. The molecule has 6 nitrogen and oxygen atoms in total. The smallest absolute Gasteiger partial charge is 0.316 e. The molecule has 0 aliphatic heterocycles. The van der Waals surface area contributed by atoms with Crippen molar-refractivity contribution in [2.45, 2.75) is 6.54 Å². The van der Waals surface area contributed by atoms with Gasteiger partial charge in [-0.25, -0.2) is 0 Å². The highest BCUT2D eigenvalue weighted by atomic mass is 79.9. The maximum atomic E-state index is 11.3. The third-order valence-corrected chi connectivity index (χ3v) is 3.01. The van der Waals surface area contributed by atoms with Crippen LogP contribution in [0.1, 0.15) is 5.01 Å². The van der Waals surface area contributed by atoms with E-state index in [1.165, 1.54) is 28.3 Å². The Morgan fingerprint density at radius 2 is 2.27 bits per heavy atom. The molecular formula is C7H5BrN4O2S. The first kappa shape index (κ1) is 10.2. The van der Waals surface area contributed by atoms with Gasteiger partial charge in [0.25, 0.3) is 0 Å². The second-order valence-electron chi connectivity index (χ2n) is 2.67. The van der Waals surface area contributed by atoms with Crippen LogP contribution in [0.4, 0.5) is 0 Å². The Kier molecular flexibility index (Phi) is 2.78. The molecule has 2 aromatic rings. The lowest BCUT2D eigenvalue weighted by atomic mass is 10.6. The monoisotopic (exact) mass is 288 g/mol. The topological polar surface area (TPSA) is 80.6 Å².